The first-order chi connectivity index (χ1) is 27.3. The number of carbonyl (C=O) groups is 1. The molecule has 1 saturated heterocycles. The van der Waals surface area contributed by atoms with E-state index in [0.717, 1.165) is 29.9 Å². The number of benzene rings is 2. The molecule has 0 saturated carbocycles. The third-order valence-corrected chi connectivity index (χ3v) is 12.1. The van der Waals surface area contributed by atoms with Gasteiger partial charge < -0.3 is 24.3 Å². The molecule has 0 radical (unpaired) electrons. The molecule has 0 spiro atoms. The fourth-order valence-electron chi connectivity index (χ4n) is 7.42. The number of pyridine rings is 1. The fourth-order valence-corrected chi connectivity index (χ4v) is 8.18. The smallest absolute Gasteiger partial charge is 0.407 e. The highest BCUT2D eigenvalue weighted by Gasteiger charge is 2.31. The molecule has 2 aromatic carbocycles. The minimum atomic E-state index is -1.47. The molecule has 1 N–H and O–H groups in total. The number of nitrogens with zero attached hydrogens (tertiary/aromatic N) is 7. The van der Waals surface area contributed by atoms with Gasteiger partial charge in [0, 0.05) is 88.8 Å². The minimum absolute atomic E-state index is 0.00312. The Bertz CT molecular complexity index is 2460. The number of carbonyl (C=O) groups excluding carboxylic acids is 1. The first-order valence-corrected chi connectivity index (χ1v) is 23.2. The Labute approximate surface area is 336 Å². The van der Waals surface area contributed by atoms with Gasteiger partial charge in [0.25, 0.3) is 0 Å². The van der Waals surface area contributed by atoms with Gasteiger partial charge in [-0.3, -0.25) is 9.25 Å². The van der Waals surface area contributed by atoms with E-state index in [-0.39, 0.29) is 29.9 Å². The zero-order valence-corrected chi connectivity index (χ0v) is 35.2. The predicted molar refractivity (Wildman–Crippen MR) is 219 cm³/mol. The standard InChI is InChI=1S/C42H50F4N8O3Si/c1-25(34-11-12-51(5)50-34)53-23-31(39-49-35-20-32(45)33(46)21-36(35)54(39)24-56-15-16-58(6,7)8)37-38(30(22-47-40(37)53)26-17-27(43)19-28(44)18-26)52-13-9-29(10-14-52)48-41(55)57-42(2,3)4/h11-12,17-23,25,29H,9-10,13-16,24H2,1-8H3,(H,48,55). The van der Waals surface area contributed by atoms with Crippen LogP contribution in [-0.4, -0.2) is 74.4 Å². The van der Waals surface area contributed by atoms with E-state index in [2.05, 4.69) is 35.0 Å². The summed E-state index contributed by atoms with van der Waals surface area (Å²) in [5.41, 5.74) is 3.16. The summed E-state index contributed by atoms with van der Waals surface area (Å²) in [6.07, 6.45) is 5.96. The van der Waals surface area contributed by atoms with E-state index >= 15 is 0 Å². The second-order valence-corrected chi connectivity index (χ2v) is 22.9. The number of hydrogen-bond acceptors (Lipinski definition) is 7. The van der Waals surface area contributed by atoms with E-state index in [1.165, 1.54) is 12.1 Å². The predicted octanol–water partition coefficient (Wildman–Crippen LogP) is 9.43. The summed E-state index contributed by atoms with van der Waals surface area (Å²) in [7, 11) is 0.364. The number of aromatic nitrogens is 6. The van der Waals surface area contributed by atoms with Crippen LogP contribution in [0.2, 0.25) is 25.7 Å². The zero-order chi connectivity index (χ0) is 41.7. The molecule has 6 aromatic rings. The van der Waals surface area contributed by atoms with Crippen molar-refractivity contribution < 1.29 is 31.8 Å². The Hall–Kier alpha value is -5.22. The van der Waals surface area contributed by atoms with Gasteiger partial charge in [-0.15, -0.1) is 0 Å². The van der Waals surface area contributed by atoms with E-state index in [4.69, 9.17) is 19.4 Å². The number of rotatable bonds is 11. The van der Waals surface area contributed by atoms with Crippen LogP contribution in [0.15, 0.2) is 55.0 Å². The lowest BCUT2D eigenvalue weighted by molar-refractivity contribution is 0.0497. The molecule has 308 valence electrons. The lowest BCUT2D eigenvalue weighted by Crippen LogP contribution is -2.46. The second-order valence-electron chi connectivity index (χ2n) is 17.3. The molecule has 4 aromatic heterocycles. The van der Waals surface area contributed by atoms with Crippen LogP contribution in [0.5, 0.6) is 0 Å². The van der Waals surface area contributed by atoms with Crippen molar-refractivity contribution in [1.29, 1.82) is 0 Å². The number of aryl methyl sites for hydroxylation is 1. The van der Waals surface area contributed by atoms with Gasteiger partial charge in [0.2, 0.25) is 0 Å². The number of nitrogens with one attached hydrogen (secondary N) is 1. The Morgan fingerprint density at radius 2 is 1.69 bits per heavy atom. The Kier molecular flexibility index (Phi) is 11.2. The van der Waals surface area contributed by atoms with Crippen molar-refractivity contribution in [2.45, 2.75) is 90.6 Å². The average Bonchev–Trinajstić information content (AvgIpc) is 3.83. The molecule has 0 aliphatic carbocycles. The lowest BCUT2D eigenvalue weighted by Gasteiger charge is -2.36. The third kappa shape index (κ3) is 8.77. The van der Waals surface area contributed by atoms with E-state index in [1.54, 1.807) is 36.2 Å². The number of imidazole rings is 1. The van der Waals surface area contributed by atoms with Crippen molar-refractivity contribution >= 4 is 41.9 Å². The molecule has 0 bridgehead atoms. The molecule has 11 nitrogen and oxygen atoms in total. The summed E-state index contributed by atoms with van der Waals surface area (Å²) in [6, 6.07) is 7.83. The molecule has 16 heteroatoms. The summed E-state index contributed by atoms with van der Waals surface area (Å²) in [6.45, 7) is 15.5. The molecule has 7 rings (SSSR count). The van der Waals surface area contributed by atoms with Gasteiger partial charge in [-0.2, -0.15) is 5.10 Å². The van der Waals surface area contributed by atoms with Crippen molar-refractivity contribution in [2.24, 2.45) is 7.05 Å². The van der Waals surface area contributed by atoms with E-state index in [0.29, 0.717) is 71.7 Å². The largest absolute Gasteiger partial charge is 0.444 e. The Balaban J connectivity index is 1.45. The van der Waals surface area contributed by atoms with Gasteiger partial charge in [0.1, 0.15) is 35.4 Å². The van der Waals surface area contributed by atoms with Gasteiger partial charge in [-0.05, 0) is 70.3 Å². The van der Waals surface area contributed by atoms with E-state index in [9.17, 15) is 22.4 Å². The number of alkyl carbamates (subject to hydrolysis) is 1. The summed E-state index contributed by atoms with van der Waals surface area (Å²) >= 11 is 0. The van der Waals surface area contributed by atoms with Crippen molar-refractivity contribution in [1.82, 2.24) is 34.2 Å². The van der Waals surface area contributed by atoms with Crippen molar-refractivity contribution in [3.05, 3.63) is 84.0 Å². The van der Waals surface area contributed by atoms with E-state index in [1.807, 2.05) is 37.0 Å². The monoisotopic (exact) mass is 818 g/mol. The van der Waals surface area contributed by atoms with Gasteiger partial charge in [0.05, 0.1) is 33.8 Å². The van der Waals surface area contributed by atoms with Crippen molar-refractivity contribution in [3.8, 4) is 22.5 Å². The minimum Gasteiger partial charge on any atom is -0.444 e. The fraction of sp³-hybridized carbons (Fsp3) is 0.429. The molecule has 58 heavy (non-hydrogen) atoms. The molecular weight excluding hydrogens is 769 g/mol. The van der Waals surface area contributed by atoms with Crippen LogP contribution >= 0.6 is 0 Å². The molecule has 1 aliphatic rings. The van der Waals surface area contributed by atoms with Gasteiger partial charge in [-0.1, -0.05) is 19.6 Å². The molecule has 1 amide bonds. The molecule has 1 atom stereocenters. The molecule has 1 unspecified atom stereocenters. The number of hydrogen-bond donors (Lipinski definition) is 1. The molecular formula is C42H50F4N8O3Si. The number of amides is 1. The van der Waals surface area contributed by atoms with Crippen molar-refractivity contribution in [3.63, 3.8) is 0 Å². The van der Waals surface area contributed by atoms with Gasteiger partial charge >= 0.3 is 6.09 Å². The van der Waals surface area contributed by atoms with Gasteiger partial charge in [-0.25, -0.2) is 32.3 Å². The first kappa shape index (κ1) is 41.0. The van der Waals surface area contributed by atoms with Crippen LogP contribution in [0.4, 0.5) is 28.0 Å². The third-order valence-electron chi connectivity index (χ3n) is 10.3. The van der Waals surface area contributed by atoms with Crippen LogP contribution in [-0.2, 0) is 23.3 Å². The Morgan fingerprint density at radius 3 is 2.33 bits per heavy atom. The van der Waals surface area contributed by atoms with Crippen LogP contribution in [0.1, 0.15) is 52.3 Å². The van der Waals surface area contributed by atoms with Crippen LogP contribution in [0.3, 0.4) is 0 Å². The normalized spacial score (nSPS) is 14.8. The van der Waals surface area contributed by atoms with Crippen LogP contribution in [0.25, 0.3) is 44.6 Å². The highest BCUT2D eigenvalue weighted by Crippen LogP contribution is 2.45. The lowest BCUT2D eigenvalue weighted by atomic mass is 9.98. The maximum absolute atomic E-state index is 15.0. The summed E-state index contributed by atoms with van der Waals surface area (Å²) in [5.74, 6) is -3.17. The molecule has 1 fully saturated rings. The zero-order valence-electron chi connectivity index (χ0n) is 34.2. The summed E-state index contributed by atoms with van der Waals surface area (Å²) < 4.78 is 76.9. The maximum atomic E-state index is 15.0. The molecule has 1 aliphatic heterocycles. The first-order valence-electron chi connectivity index (χ1n) is 19.5. The summed E-state index contributed by atoms with van der Waals surface area (Å²) in [4.78, 5) is 24.8. The van der Waals surface area contributed by atoms with Crippen LogP contribution in [0, 0.1) is 23.3 Å². The average molecular weight is 819 g/mol. The van der Waals surface area contributed by atoms with Crippen LogP contribution < -0.4 is 10.2 Å². The highest BCUT2D eigenvalue weighted by molar-refractivity contribution is 6.76. The SMILES string of the molecule is CC(c1ccn(C)n1)n1cc(-c2nc3cc(F)c(F)cc3n2COCC[Si](C)(C)C)c2c(N3CCC(NC(=O)OC(C)(C)C)CC3)c(-c3cc(F)cc(F)c3)cnc21. The van der Waals surface area contributed by atoms with Gasteiger partial charge in [0.15, 0.2) is 11.6 Å². The maximum Gasteiger partial charge on any atom is 0.407 e. The number of anilines is 1. The number of piperidine rings is 1. The molecule has 5 heterocycles. The quantitative estimate of drug-likeness (QED) is 0.0790. The topological polar surface area (TPSA) is 104 Å². The highest BCUT2D eigenvalue weighted by atomic mass is 28.3. The second kappa shape index (κ2) is 15.8. The number of ether oxygens (including phenoxy) is 2. The summed E-state index contributed by atoms with van der Waals surface area (Å²) in [5, 5.41) is 8.28. The van der Waals surface area contributed by atoms with E-state index < -0.39 is 43.0 Å². The number of halogens is 4. The number of fused-ring (bicyclic) bond motifs is 2. The Morgan fingerprint density at radius 1 is 1.00 bits per heavy atom. The van der Waals surface area contributed by atoms with Crippen molar-refractivity contribution in [2.75, 3.05) is 24.6 Å².